The van der Waals surface area contributed by atoms with Crippen molar-refractivity contribution in [1.82, 2.24) is 0 Å². The van der Waals surface area contributed by atoms with Crippen LogP contribution < -0.4 is 0 Å². The number of hydrogen-bond acceptors (Lipinski definition) is 3. The van der Waals surface area contributed by atoms with Crippen LogP contribution in [-0.4, -0.2) is 22.8 Å². The van der Waals surface area contributed by atoms with E-state index in [-0.39, 0.29) is 44.6 Å². The Balaban J connectivity index is 1.50. The second-order valence-electron chi connectivity index (χ2n) is 15.3. The minimum atomic E-state index is -0.446. The third-order valence-corrected chi connectivity index (χ3v) is 13.4. The summed E-state index contributed by atoms with van der Waals surface area (Å²) >= 11 is 0. The molecule has 3 unspecified atom stereocenters. The van der Waals surface area contributed by atoms with E-state index in [1.807, 2.05) is 0 Å². The summed E-state index contributed by atoms with van der Waals surface area (Å²) in [4.78, 5) is 13.6. The van der Waals surface area contributed by atoms with Crippen LogP contribution in [0, 0.1) is 50.2 Å². The molecule has 1 heterocycles. The standard InChI is InChI=1S/C30H46O3/c1-24(2)14-16-29-17-15-28(7)27(6)12-8-19-25(3,4)22(31)10-11-26(19,5)20(27)9-13-30(28,21(29)18-24)33-23(29)32/h9,13,19-22,31H,8,10-12,14-18H2,1-7H3/t19?,20?,21?,22-,26+,27-,28+,29+,30+/m1/s1. The van der Waals surface area contributed by atoms with Gasteiger partial charge in [-0.05, 0) is 97.4 Å². The van der Waals surface area contributed by atoms with Gasteiger partial charge in [-0.15, -0.1) is 0 Å². The van der Waals surface area contributed by atoms with E-state index >= 15 is 0 Å². The normalized spacial score (nSPS) is 57.9. The predicted octanol–water partition coefficient (Wildman–Crippen LogP) is 6.68. The van der Waals surface area contributed by atoms with Crippen LogP contribution in [0.3, 0.4) is 0 Å². The van der Waals surface area contributed by atoms with Crippen molar-refractivity contribution in [1.29, 1.82) is 0 Å². The Morgan fingerprint density at radius 3 is 2.30 bits per heavy atom. The molecule has 1 saturated heterocycles. The van der Waals surface area contributed by atoms with Gasteiger partial charge in [-0.25, -0.2) is 0 Å². The van der Waals surface area contributed by atoms with Gasteiger partial charge in [0.15, 0.2) is 0 Å². The molecule has 5 fully saturated rings. The molecule has 4 saturated carbocycles. The van der Waals surface area contributed by atoms with Crippen molar-refractivity contribution in [2.75, 3.05) is 0 Å². The highest BCUT2D eigenvalue weighted by Crippen LogP contribution is 2.79. The number of rotatable bonds is 0. The van der Waals surface area contributed by atoms with Crippen LogP contribution in [0.4, 0.5) is 0 Å². The quantitative estimate of drug-likeness (QED) is 0.328. The van der Waals surface area contributed by atoms with Crippen LogP contribution in [0.1, 0.15) is 106 Å². The molecule has 0 amide bonds. The fraction of sp³-hybridized carbons (Fsp3) is 0.900. The van der Waals surface area contributed by atoms with Crippen molar-refractivity contribution >= 4 is 5.97 Å². The van der Waals surface area contributed by atoms with E-state index in [1.165, 1.54) is 6.42 Å². The Hall–Kier alpha value is -0.830. The molecule has 2 bridgehead atoms. The van der Waals surface area contributed by atoms with Gasteiger partial charge in [-0.2, -0.15) is 0 Å². The van der Waals surface area contributed by atoms with E-state index in [4.69, 9.17) is 4.74 Å². The topological polar surface area (TPSA) is 46.5 Å². The zero-order valence-electron chi connectivity index (χ0n) is 22.1. The lowest BCUT2D eigenvalue weighted by molar-refractivity contribution is -0.242. The summed E-state index contributed by atoms with van der Waals surface area (Å²) in [5.74, 6) is 1.41. The average Bonchev–Trinajstić information content (AvgIpc) is 2.89. The smallest absolute Gasteiger partial charge is 0.313 e. The van der Waals surface area contributed by atoms with E-state index < -0.39 is 5.60 Å². The monoisotopic (exact) mass is 454 g/mol. The first kappa shape index (κ1) is 22.6. The molecule has 184 valence electrons. The van der Waals surface area contributed by atoms with Crippen LogP contribution in [0.5, 0.6) is 0 Å². The number of ether oxygens (including phenoxy) is 1. The zero-order valence-corrected chi connectivity index (χ0v) is 22.1. The molecular weight excluding hydrogens is 408 g/mol. The number of esters is 1. The fourth-order valence-electron chi connectivity index (χ4n) is 11.1. The van der Waals surface area contributed by atoms with E-state index in [1.54, 1.807) is 0 Å². The molecule has 0 aromatic rings. The van der Waals surface area contributed by atoms with Crippen molar-refractivity contribution in [3.05, 3.63) is 12.2 Å². The molecule has 6 aliphatic rings. The van der Waals surface area contributed by atoms with Gasteiger partial charge in [0.2, 0.25) is 0 Å². The zero-order chi connectivity index (χ0) is 23.9. The van der Waals surface area contributed by atoms with Gasteiger partial charge in [0, 0.05) is 11.3 Å². The van der Waals surface area contributed by atoms with Gasteiger partial charge < -0.3 is 9.84 Å². The van der Waals surface area contributed by atoms with Crippen molar-refractivity contribution in [2.24, 2.45) is 50.2 Å². The summed E-state index contributed by atoms with van der Waals surface area (Å²) in [5.41, 5.74) is -0.233. The van der Waals surface area contributed by atoms with E-state index in [0.717, 1.165) is 51.4 Å². The summed E-state index contributed by atoms with van der Waals surface area (Å²) in [6.45, 7) is 17.0. The van der Waals surface area contributed by atoms with Gasteiger partial charge in [-0.3, -0.25) is 4.79 Å². The first-order valence-electron chi connectivity index (χ1n) is 13.8. The van der Waals surface area contributed by atoms with E-state index in [0.29, 0.717) is 17.8 Å². The molecule has 1 spiro atoms. The van der Waals surface area contributed by atoms with Crippen LogP contribution in [0.25, 0.3) is 0 Å². The van der Waals surface area contributed by atoms with Gasteiger partial charge in [-0.1, -0.05) is 54.5 Å². The fourth-order valence-corrected chi connectivity index (χ4v) is 11.1. The Labute approximate surface area is 201 Å². The minimum Gasteiger partial charge on any atom is -0.453 e. The molecule has 33 heavy (non-hydrogen) atoms. The molecule has 0 radical (unpaired) electrons. The lowest BCUT2D eigenvalue weighted by Crippen LogP contribution is -2.70. The van der Waals surface area contributed by atoms with Crippen molar-refractivity contribution in [3.8, 4) is 0 Å². The number of aliphatic hydroxyl groups excluding tert-OH is 1. The Bertz CT molecular complexity index is 933. The Morgan fingerprint density at radius 1 is 0.879 bits per heavy atom. The number of fused-ring (bicyclic) bond motifs is 4. The van der Waals surface area contributed by atoms with Crippen molar-refractivity contribution < 1.29 is 14.6 Å². The maximum atomic E-state index is 13.6. The van der Waals surface area contributed by atoms with Crippen LogP contribution in [0.15, 0.2) is 12.2 Å². The summed E-state index contributed by atoms with van der Waals surface area (Å²) in [7, 11) is 0. The summed E-state index contributed by atoms with van der Waals surface area (Å²) in [6.07, 6.45) is 14.4. The van der Waals surface area contributed by atoms with Crippen LogP contribution in [0.2, 0.25) is 0 Å². The molecule has 5 aliphatic carbocycles. The van der Waals surface area contributed by atoms with Crippen LogP contribution >= 0.6 is 0 Å². The molecule has 3 heteroatoms. The van der Waals surface area contributed by atoms with Gasteiger partial charge in [0.1, 0.15) is 5.60 Å². The lowest BCUT2D eigenvalue weighted by Gasteiger charge is -2.72. The van der Waals surface area contributed by atoms with Crippen molar-refractivity contribution in [2.45, 2.75) is 118 Å². The first-order chi connectivity index (χ1) is 15.2. The maximum Gasteiger partial charge on any atom is 0.313 e. The third kappa shape index (κ3) is 2.31. The van der Waals surface area contributed by atoms with Crippen molar-refractivity contribution in [3.63, 3.8) is 0 Å². The molecule has 9 atom stereocenters. The minimum absolute atomic E-state index is 0.0403. The molecule has 1 N–H and O–H groups in total. The number of hydrogen-bond donors (Lipinski definition) is 1. The van der Waals surface area contributed by atoms with Crippen LogP contribution in [-0.2, 0) is 9.53 Å². The number of allylic oxidation sites excluding steroid dienone is 1. The highest BCUT2D eigenvalue weighted by molar-refractivity contribution is 5.82. The second kappa shape index (κ2) is 6.11. The highest BCUT2D eigenvalue weighted by atomic mass is 16.6. The summed E-state index contributed by atoms with van der Waals surface area (Å²) in [6, 6.07) is 0. The highest BCUT2D eigenvalue weighted by Gasteiger charge is 2.79. The predicted molar refractivity (Wildman–Crippen MR) is 130 cm³/mol. The second-order valence-corrected chi connectivity index (χ2v) is 15.3. The van der Waals surface area contributed by atoms with Gasteiger partial charge in [0.25, 0.3) is 0 Å². The number of aliphatic hydroxyl groups is 1. The Morgan fingerprint density at radius 2 is 1.58 bits per heavy atom. The lowest BCUT2D eigenvalue weighted by atomic mass is 9.32. The largest absolute Gasteiger partial charge is 0.453 e. The van der Waals surface area contributed by atoms with Gasteiger partial charge >= 0.3 is 5.97 Å². The summed E-state index contributed by atoms with van der Waals surface area (Å²) < 4.78 is 6.69. The molecule has 0 aromatic heterocycles. The summed E-state index contributed by atoms with van der Waals surface area (Å²) in [5, 5.41) is 10.9. The third-order valence-electron chi connectivity index (χ3n) is 13.4. The van der Waals surface area contributed by atoms with E-state index in [2.05, 4.69) is 60.6 Å². The molecule has 6 rings (SSSR count). The number of carbonyl (C=O) groups excluding carboxylic acids is 1. The molecule has 1 aliphatic heterocycles. The Kier molecular flexibility index (Phi) is 4.19. The SMILES string of the molecule is CC1(C)CC[C@@]23CC[C@]4(C)[C@@](C=CC5[C@@]6(C)CC[C@@H](O)C(C)(C)C6CC[C@]54C)(OC2=O)C3C1. The van der Waals surface area contributed by atoms with E-state index in [9.17, 15) is 9.90 Å². The number of carbonyl (C=O) groups is 1. The first-order valence-corrected chi connectivity index (χ1v) is 13.8. The average molecular weight is 455 g/mol. The molecular formula is C30H46O3. The van der Waals surface area contributed by atoms with Gasteiger partial charge in [0.05, 0.1) is 11.5 Å². The molecule has 3 nitrogen and oxygen atoms in total. The maximum absolute atomic E-state index is 13.6. The molecule has 0 aromatic carbocycles.